The lowest BCUT2D eigenvalue weighted by molar-refractivity contribution is 0.322. The van der Waals surface area contributed by atoms with Gasteiger partial charge < -0.3 is 9.84 Å². The van der Waals surface area contributed by atoms with Gasteiger partial charge in [-0.15, -0.1) is 0 Å². The summed E-state index contributed by atoms with van der Waals surface area (Å²) in [4.78, 5) is 4.47. The van der Waals surface area contributed by atoms with Crippen LogP contribution in [0.2, 0.25) is 5.02 Å². The van der Waals surface area contributed by atoms with Crippen LogP contribution in [-0.2, 0) is 0 Å². The molecule has 1 aromatic carbocycles. The molecule has 0 saturated carbocycles. The third-order valence-corrected chi connectivity index (χ3v) is 3.44. The van der Waals surface area contributed by atoms with E-state index in [0.29, 0.717) is 16.8 Å². The van der Waals surface area contributed by atoms with Crippen LogP contribution in [0.5, 0.6) is 0 Å². The second-order valence-corrected chi connectivity index (χ2v) is 4.94. The SMILES string of the molecule is Clc1ccc(-c2noc([C@H]3CCCNC3)n2)cc1. The number of rotatable bonds is 2. The number of hydrogen-bond acceptors (Lipinski definition) is 4. The maximum Gasteiger partial charge on any atom is 0.231 e. The maximum atomic E-state index is 5.85. The van der Waals surface area contributed by atoms with Crippen molar-refractivity contribution < 1.29 is 4.52 Å². The number of aromatic nitrogens is 2. The summed E-state index contributed by atoms with van der Waals surface area (Å²) in [7, 11) is 0. The molecule has 2 heterocycles. The van der Waals surface area contributed by atoms with Crippen LogP contribution in [-0.4, -0.2) is 23.2 Å². The van der Waals surface area contributed by atoms with Crippen LogP contribution in [0.25, 0.3) is 11.4 Å². The van der Waals surface area contributed by atoms with E-state index in [1.165, 1.54) is 0 Å². The molecular weight excluding hydrogens is 250 g/mol. The second-order valence-electron chi connectivity index (χ2n) is 4.51. The molecule has 0 unspecified atom stereocenters. The smallest absolute Gasteiger partial charge is 0.231 e. The summed E-state index contributed by atoms with van der Waals surface area (Å²) >= 11 is 5.85. The van der Waals surface area contributed by atoms with Gasteiger partial charge in [-0.1, -0.05) is 16.8 Å². The van der Waals surface area contributed by atoms with Crippen LogP contribution in [0.1, 0.15) is 24.7 Å². The van der Waals surface area contributed by atoms with Gasteiger partial charge in [0, 0.05) is 17.1 Å². The van der Waals surface area contributed by atoms with E-state index in [0.717, 1.165) is 37.4 Å². The number of piperidine rings is 1. The minimum Gasteiger partial charge on any atom is -0.339 e. The minimum absolute atomic E-state index is 0.340. The lowest BCUT2D eigenvalue weighted by Gasteiger charge is -2.18. The average molecular weight is 264 g/mol. The Labute approximate surface area is 110 Å². The quantitative estimate of drug-likeness (QED) is 0.905. The highest BCUT2D eigenvalue weighted by atomic mass is 35.5. The molecule has 1 N–H and O–H groups in total. The van der Waals surface area contributed by atoms with Crippen molar-refractivity contribution >= 4 is 11.6 Å². The van der Waals surface area contributed by atoms with Crippen LogP contribution in [0, 0.1) is 0 Å². The fourth-order valence-corrected chi connectivity index (χ4v) is 2.31. The zero-order valence-electron chi connectivity index (χ0n) is 9.90. The topological polar surface area (TPSA) is 51.0 Å². The molecule has 0 bridgehead atoms. The van der Waals surface area contributed by atoms with Gasteiger partial charge >= 0.3 is 0 Å². The summed E-state index contributed by atoms with van der Waals surface area (Å²) in [6.45, 7) is 2.00. The first kappa shape index (κ1) is 11.7. The van der Waals surface area contributed by atoms with Gasteiger partial charge in [0.15, 0.2) is 0 Å². The monoisotopic (exact) mass is 263 g/mol. The first-order chi connectivity index (χ1) is 8.83. The van der Waals surface area contributed by atoms with E-state index in [9.17, 15) is 0 Å². The van der Waals surface area contributed by atoms with Crippen molar-refractivity contribution in [3.05, 3.63) is 35.2 Å². The Morgan fingerprint density at radius 1 is 1.28 bits per heavy atom. The second kappa shape index (κ2) is 5.08. The molecule has 1 saturated heterocycles. The van der Waals surface area contributed by atoms with E-state index in [4.69, 9.17) is 16.1 Å². The number of nitrogens with one attached hydrogen (secondary N) is 1. The van der Waals surface area contributed by atoms with E-state index in [2.05, 4.69) is 15.5 Å². The van der Waals surface area contributed by atoms with Crippen molar-refractivity contribution in [2.24, 2.45) is 0 Å². The summed E-state index contributed by atoms with van der Waals surface area (Å²) in [6.07, 6.45) is 2.26. The molecule has 1 atom stereocenters. The molecule has 4 nitrogen and oxygen atoms in total. The predicted octanol–water partition coefficient (Wildman–Crippen LogP) is 2.86. The van der Waals surface area contributed by atoms with E-state index in [-0.39, 0.29) is 0 Å². The largest absolute Gasteiger partial charge is 0.339 e. The highest BCUT2D eigenvalue weighted by Gasteiger charge is 2.21. The number of halogens is 1. The van der Waals surface area contributed by atoms with Crippen LogP contribution in [0.4, 0.5) is 0 Å². The highest BCUT2D eigenvalue weighted by molar-refractivity contribution is 6.30. The molecular formula is C13H14ClN3O. The van der Waals surface area contributed by atoms with Crippen LogP contribution >= 0.6 is 11.6 Å². The van der Waals surface area contributed by atoms with Crippen molar-refractivity contribution in [2.45, 2.75) is 18.8 Å². The van der Waals surface area contributed by atoms with Crippen molar-refractivity contribution in [3.63, 3.8) is 0 Å². The van der Waals surface area contributed by atoms with E-state index in [1.54, 1.807) is 0 Å². The van der Waals surface area contributed by atoms with Crippen molar-refractivity contribution in [3.8, 4) is 11.4 Å². The van der Waals surface area contributed by atoms with E-state index in [1.807, 2.05) is 24.3 Å². The van der Waals surface area contributed by atoms with Gasteiger partial charge in [-0.05, 0) is 43.7 Å². The summed E-state index contributed by atoms with van der Waals surface area (Å²) in [5, 5.41) is 8.09. The Morgan fingerprint density at radius 2 is 2.11 bits per heavy atom. The van der Waals surface area contributed by atoms with Gasteiger partial charge in [0.2, 0.25) is 11.7 Å². The lowest BCUT2D eigenvalue weighted by Crippen LogP contribution is -2.28. The van der Waals surface area contributed by atoms with Crippen LogP contribution < -0.4 is 5.32 Å². The molecule has 0 spiro atoms. The van der Waals surface area contributed by atoms with Gasteiger partial charge in [-0.25, -0.2) is 0 Å². The number of benzene rings is 1. The Kier molecular flexibility index (Phi) is 3.30. The molecule has 1 aliphatic heterocycles. The van der Waals surface area contributed by atoms with Crippen LogP contribution in [0.15, 0.2) is 28.8 Å². The van der Waals surface area contributed by atoms with E-state index < -0.39 is 0 Å². The molecule has 94 valence electrons. The van der Waals surface area contributed by atoms with Crippen molar-refractivity contribution in [1.82, 2.24) is 15.5 Å². The molecule has 0 amide bonds. The third-order valence-electron chi connectivity index (χ3n) is 3.19. The number of hydrogen-bond donors (Lipinski definition) is 1. The maximum absolute atomic E-state index is 5.85. The van der Waals surface area contributed by atoms with Gasteiger partial charge in [0.25, 0.3) is 0 Å². The van der Waals surface area contributed by atoms with Gasteiger partial charge in [-0.2, -0.15) is 4.98 Å². The summed E-state index contributed by atoms with van der Waals surface area (Å²) in [5.41, 5.74) is 0.929. The van der Waals surface area contributed by atoms with Gasteiger partial charge in [-0.3, -0.25) is 0 Å². The number of nitrogens with zero attached hydrogens (tertiary/aromatic N) is 2. The van der Waals surface area contributed by atoms with Crippen molar-refractivity contribution in [1.29, 1.82) is 0 Å². The molecule has 3 rings (SSSR count). The van der Waals surface area contributed by atoms with Crippen LogP contribution in [0.3, 0.4) is 0 Å². The molecule has 0 radical (unpaired) electrons. The Morgan fingerprint density at radius 3 is 2.83 bits per heavy atom. The Hall–Kier alpha value is -1.39. The zero-order chi connectivity index (χ0) is 12.4. The highest BCUT2D eigenvalue weighted by Crippen LogP contribution is 2.25. The van der Waals surface area contributed by atoms with E-state index >= 15 is 0 Å². The summed E-state index contributed by atoms with van der Waals surface area (Å²) < 4.78 is 5.35. The minimum atomic E-state index is 0.340. The standard InChI is InChI=1S/C13H14ClN3O/c14-11-5-3-9(4-6-11)12-16-13(18-17-12)10-2-1-7-15-8-10/h3-6,10,15H,1-2,7-8H2/t10-/m0/s1. The molecule has 2 aromatic rings. The third kappa shape index (κ3) is 2.40. The first-order valence-electron chi connectivity index (χ1n) is 6.13. The van der Waals surface area contributed by atoms with Crippen molar-refractivity contribution in [2.75, 3.05) is 13.1 Å². The lowest BCUT2D eigenvalue weighted by atomic mass is 10.00. The average Bonchev–Trinajstić information content (AvgIpc) is 2.90. The normalized spacial score (nSPS) is 19.9. The summed E-state index contributed by atoms with van der Waals surface area (Å²) in [6, 6.07) is 7.45. The fourth-order valence-electron chi connectivity index (χ4n) is 2.18. The molecule has 1 fully saturated rings. The predicted molar refractivity (Wildman–Crippen MR) is 69.6 cm³/mol. The first-order valence-corrected chi connectivity index (χ1v) is 6.51. The molecule has 1 aromatic heterocycles. The van der Waals surface area contributed by atoms with Gasteiger partial charge in [0.05, 0.1) is 5.92 Å². The summed E-state index contributed by atoms with van der Waals surface area (Å²) in [5.74, 6) is 1.70. The molecule has 5 heteroatoms. The Bertz CT molecular complexity index is 517. The van der Waals surface area contributed by atoms with Gasteiger partial charge in [0.1, 0.15) is 0 Å². The zero-order valence-corrected chi connectivity index (χ0v) is 10.7. The Balaban J connectivity index is 1.82. The molecule has 18 heavy (non-hydrogen) atoms. The molecule has 0 aliphatic carbocycles. The fraction of sp³-hybridized carbons (Fsp3) is 0.385. The molecule has 1 aliphatic rings.